The molecule has 1 aliphatic carbocycles. The molecular formula is C19H23N3O2. The molecule has 1 atom stereocenters. The summed E-state index contributed by atoms with van der Waals surface area (Å²) < 4.78 is 8.17. The van der Waals surface area contributed by atoms with Crippen molar-refractivity contribution in [3.8, 4) is 0 Å². The van der Waals surface area contributed by atoms with Crippen LogP contribution in [0.4, 0.5) is 0 Å². The molecule has 0 saturated carbocycles. The predicted octanol–water partition coefficient (Wildman–Crippen LogP) is 2.05. The second-order valence-corrected chi connectivity index (χ2v) is 6.81. The lowest BCUT2D eigenvalue weighted by atomic mass is 9.93. The summed E-state index contributed by atoms with van der Waals surface area (Å²) in [5, 5.41) is 0. The summed E-state index contributed by atoms with van der Waals surface area (Å²) in [6.45, 7) is 1.98. The third kappa shape index (κ3) is 2.63. The number of hydrogen-bond acceptors (Lipinski definition) is 3. The maximum absolute atomic E-state index is 12.7. The van der Waals surface area contributed by atoms with E-state index < -0.39 is 0 Å². The number of aromatic nitrogens is 2. The first kappa shape index (κ1) is 15.4. The predicted molar refractivity (Wildman–Crippen MR) is 90.5 cm³/mol. The van der Waals surface area contributed by atoms with Crippen molar-refractivity contribution in [1.29, 1.82) is 0 Å². The Morgan fingerprint density at radius 2 is 2.25 bits per heavy atom. The maximum Gasteiger partial charge on any atom is 0.223 e. The highest BCUT2D eigenvalue weighted by molar-refractivity contribution is 5.76. The van der Waals surface area contributed by atoms with E-state index in [9.17, 15) is 4.79 Å². The number of carbonyl (C=O) groups excluding carboxylic acids is 1. The number of imidazole rings is 1. The van der Waals surface area contributed by atoms with Gasteiger partial charge >= 0.3 is 0 Å². The van der Waals surface area contributed by atoms with Crippen LogP contribution in [0.2, 0.25) is 0 Å². The molecule has 1 spiro atoms. The minimum Gasteiger partial charge on any atom is -0.367 e. The summed E-state index contributed by atoms with van der Waals surface area (Å²) in [7, 11) is 1.96. The van der Waals surface area contributed by atoms with Crippen LogP contribution in [0.25, 0.3) is 0 Å². The lowest BCUT2D eigenvalue weighted by Gasteiger charge is -2.41. The van der Waals surface area contributed by atoms with Crippen LogP contribution in [0.1, 0.15) is 29.7 Å². The summed E-state index contributed by atoms with van der Waals surface area (Å²) in [4.78, 5) is 18.8. The average Bonchev–Trinajstić information content (AvgIpc) is 3.18. The summed E-state index contributed by atoms with van der Waals surface area (Å²) in [6.07, 6.45) is 6.87. The summed E-state index contributed by atoms with van der Waals surface area (Å²) in [6, 6.07) is 8.48. The van der Waals surface area contributed by atoms with Gasteiger partial charge in [0, 0.05) is 31.9 Å². The molecule has 1 aromatic carbocycles. The van der Waals surface area contributed by atoms with E-state index in [4.69, 9.17) is 4.74 Å². The van der Waals surface area contributed by atoms with Crippen molar-refractivity contribution in [1.82, 2.24) is 14.5 Å². The number of ether oxygens (including phenoxy) is 1. The Labute approximate surface area is 142 Å². The average molecular weight is 325 g/mol. The monoisotopic (exact) mass is 325 g/mol. The van der Waals surface area contributed by atoms with Crippen LogP contribution in [-0.4, -0.2) is 40.1 Å². The third-order valence-corrected chi connectivity index (χ3v) is 5.36. The molecule has 1 aliphatic heterocycles. The zero-order chi connectivity index (χ0) is 16.6. The van der Waals surface area contributed by atoms with Crippen LogP contribution in [-0.2, 0) is 35.0 Å². The Kier molecular flexibility index (Phi) is 3.88. The van der Waals surface area contributed by atoms with Crippen LogP contribution >= 0.6 is 0 Å². The molecule has 0 radical (unpaired) electrons. The lowest BCUT2D eigenvalue weighted by molar-refractivity contribution is -0.152. The molecule has 4 rings (SSSR count). The number of nitrogens with zero attached hydrogens (tertiary/aromatic N) is 3. The Balaban J connectivity index is 1.46. The highest BCUT2D eigenvalue weighted by atomic mass is 16.5. The number of fused-ring (bicyclic) bond motifs is 2. The molecule has 2 aliphatic rings. The molecule has 126 valence electrons. The van der Waals surface area contributed by atoms with Crippen LogP contribution in [0.5, 0.6) is 0 Å². The number of morpholine rings is 1. The van der Waals surface area contributed by atoms with Gasteiger partial charge in [-0.3, -0.25) is 4.79 Å². The van der Waals surface area contributed by atoms with E-state index >= 15 is 0 Å². The second kappa shape index (κ2) is 6.06. The topological polar surface area (TPSA) is 47.4 Å². The van der Waals surface area contributed by atoms with Crippen molar-refractivity contribution in [3.63, 3.8) is 0 Å². The third-order valence-electron chi connectivity index (χ3n) is 5.36. The van der Waals surface area contributed by atoms with Crippen molar-refractivity contribution >= 4 is 5.91 Å². The molecule has 2 aromatic rings. The first-order valence-electron chi connectivity index (χ1n) is 8.63. The van der Waals surface area contributed by atoms with Crippen molar-refractivity contribution in [2.75, 3.05) is 19.7 Å². The highest BCUT2D eigenvalue weighted by Crippen LogP contribution is 2.42. The molecule has 0 N–H and O–H groups in total. The minimum absolute atomic E-state index is 0.211. The first-order chi connectivity index (χ1) is 11.7. The normalized spacial score (nSPS) is 22.8. The molecule has 1 saturated heterocycles. The van der Waals surface area contributed by atoms with Crippen molar-refractivity contribution in [2.24, 2.45) is 7.05 Å². The molecule has 1 amide bonds. The van der Waals surface area contributed by atoms with Gasteiger partial charge in [-0.05, 0) is 30.4 Å². The van der Waals surface area contributed by atoms with Gasteiger partial charge in [-0.15, -0.1) is 0 Å². The Morgan fingerprint density at radius 3 is 3.08 bits per heavy atom. The van der Waals surface area contributed by atoms with Gasteiger partial charge in [0.05, 0.1) is 19.5 Å². The van der Waals surface area contributed by atoms with Crippen molar-refractivity contribution < 1.29 is 9.53 Å². The zero-order valence-electron chi connectivity index (χ0n) is 14.1. The maximum atomic E-state index is 12.7. The minimum atomic E-state index is -0.295. The molecule has 5 heteroatoms. The van der Waals surface area contributed by atoms with Gasteiger partial charge in [-0.2, -0.15) is 0 Å². The molecule has 1 unspecified atom stereocenters. The Bertz CT molecular complexity index is 751. The van der Waals surface area contributed by atoms with Crippen molar-refractivity contribution in [3.05, 3.63) is 53.6 Å². The fourth-order valence-electron chi connectivity index (χ4n) is 3.98. The van der Waals surface area contributed by atoms with E-state index in [1.807, 2.05) is 22.7 Å². The second-order valence-electron chi connectivity index (χ2n) is 6.81. The van der Waals surface area contributed by atoms with Crippen LogP contribution < -0.4 is 0 Å². The van der Waals surface area contributed by atoms with Crippen LogP contribution in [0, 0.1) is 0 Å². The van der Waals surface area contributed by atoms with Gasteiger partial charge in [0.25, 0.3) is 0 Å². The number of hydrogen-bond donors (Lipinski definition) is 0. The van der Waals surface area contributed by atoms with Gasteiger partial charge in [0.15, 0.2) is 0 Å². The number of benzene rings is 1. The van der Waals surface area contributed by atoms with Crippen LogP contribution in [0.15, 0.2) is 36.8 Å². The van der Waals surface area contributed by atoms with Gasteiger partial charge in [0.1, 0.15) is 5.60 Å². The molecule has 2 heterocycles. The van der Waals surface area contributed by atoms with E-state index in [2.05, 4.69) is 29.2 Å². The van der Waals surface area contributed by atoms with E-state index in [1.165, 1.54) is 11.1 Å². The lowest BCUT2D eigenvalue weighted by Crippen LogP contribution is -2.51. The molecular weight excluding hydrogens is 302 g/mol. The SMILES string of the molecule is Cn1cncc1CCC(=O)N1CCOC2(CCc3ccccc32)C1. The largest absolute Gasteiger partial charge is 0.367 e. The number of carbonyl (C=O) groups is 1. The zero-order valence-corrected chi connectivity index (χ0v) is 14.1. The summed E-state index contributed by atoms with van der Waals surface area (Å²) in [5.74, 6) is 0.211. The quantitative estimate of drug-likeness (QED) is 0.868. The van der Waals surface area contributed by atoms with Gasteiger partial charge < -0.3 is 14.2 Å². The van der Waals surface area contributed by atoms with Gasteiger partial charge in [0.2, 0.25) is 5.91 Å². The molecule has 1 fully saturated rings. The number of rotatable bonds is 3. The fourth-order valence-corrected chi connectivity index (χ4v) is 3.98. The summed E-state index contributed by atoms with van der Waals surface area (Å²) >= 11 is 0. The first-order valence-corrected chi connectivity index (χ1v) is 8.63. The number of amides is 1. The highest BCUT2D eigenvalue weighted by Gasteiger charge is 2.44. The Hall–Kier alpha value is -2.14. The number of aryl methyl sites for hydroxylation is 3. The smallest absolute Gasteiger partial charge is 0.223 e. The molecule has 24 heavy (non-hydrogen) atoms. The van der Waals surface area contributed by atoms with Gasteiger partial charge in [-0.1, -0.05) is 24.3 Å². The standard InChI is InChI=1S/C19H23N3O2/c1-21-14-20-12-16(21)6-7-18(23)22-10-11-24-19(13-22)9-8-15-4-2-3-5-17(15)19/h2-5,12,14H,6-11,13H2,1H3. The fraction of sp³-hybridized carbons (Fsp3) is 0.474. The molecule has 0 bridgehead atoms. The summed E-state index contributed by atoms with van der Waals surface area (Å²) in [5.41, 5.74) is 3.44. The van der Waals surface area contributed by atoms with Gasteiger partial charge in [-0.25, -0.2) is 4.98 Å². The Morgan fingerprint density at radius 1 is 1.38 bits per heavy atom. The van der Waals surface area contributed by atoms with E-state index in [1.54, 1.807) is 6.33 Å². The molecule has 5 nitrogen and oxygen atoms in total. The van der Waals surface area contributed by atoms with E-state index in [-0.39, 0.29) is 11.5 Å². The van der Waals surface area contributed by atoms with E-state index in [0.717, 1.165) is 25.0 Å². The van der Waals surface area contributed by atoms with Crippen LogP contribution in [0.3, 0.4) is 0 Å². The van der Waals surface area contributed by atoms with Crippen molar-refractivity contribution in [2.45, 2.75) is 31.3 Å². The molecule has 1 aromatic heterocycles. The van der Waals surface area contributed by atoms with E-state index in [0.29, 0.717) is 26.1 Å².